The van der Waals surface area contributed by atoms with Crippen LogP contribution in [0.4, 0.5) is 17.1 Å². The van der Waals surface area contributed by atoms with Gasteiger partial charge in [0.1, 0.15) is 11.5 Å². The van der Waals surface area contributed by atoms with Crippen LogP contribution in [0.25, 0.3) is 17.0 Å². The number of fused-ring (bicyclic) bond motifs is 2. The van der Waals surface area contributed by atoms with Crippen molar-refractivity contribution < 1.29 is 18.7 Å². The van der Waals surface area contributed by atoms with E-state index in [-0.39, 0.29) is 5.91 Å². The number of ether oxygens (including phenoxy) is 2. The highest BCUT2D eigenvalue weighted by Crippen LogP contribution is 2.38. The fourth-order valence-corrected chi connectivity index (χ4v) is 4.59. The lowest BCUT2D eigenvalue weighted by Gasteiger charge is -2.22. The number of carbonyl (C=O) groups is 1. The summed E-state index contributed by atoms with van der Waals surface area (Å²) >= 11 is 0. The van der Waals surface area contributed by atoms with Crippen LogP contribution in [0.2, 0.25) is 0 Å². The van der Waals surface area contributed by atoms with Gasteiger partial charge in [-0.2, -0.15) is 0 Å². The summed E-state index contributed by atoms with van der Waals surface area (Å²) in [5.41, 5.74) is 5.84. The molecule has 0 bridgehead atoms. The van der Waals surface area contributed by atoms with Crippen molar-refractivity contribution in [3.8, 4) is 11.5 Å². The van der Waals surface area contributed by atoms with E-state index in [1.54, 1.807) is 20.3 Å². The SMILES string of the molecule is COc1ccc(Nc2c3c(nc4ccc(NC(=O)C=Cc5ccc(C)o5)cc24)CCCC3)cc1OC. The summed E-state index contributed by atoms with van der Waals surface area (Å²) in [5, 5.41) is 7.52. The molecule has 184 valence electrons. The van der Waals surface area contributed by atoms with Gasteiger partial charge in [0.25, 0.3) is 0 Å². The number of aryl methyl sites for hydroxylation is 2. The summed E-state index contributed by atoms with van der Waals surface area (Å²) in [6, 6.07) is 15.3. The molecule has 7 heteroatoms. The van der Waals surface area contributed by atoms with Crippen LogP contribution in [0, 0.1) is 6.92 Å². The third-order valence-electron chi connectivity index (χ3n) is 6.34. The number of nitrogens with zero attached hydrogens (tertiary/aromatic N) is 1. The van der Waals surface area contributed by atoms with Crippen molar-refractivity contribution in [3.05, 3.63) is 77.4 Å². The number of carbonyl (C=O) groups excluding carboxylic acids is 1. The first-order valence-corrected chi connectivity index (χ1v) is 12.0. The Balaban J connectivity index is 1.49. The van der Waals surface area contributed by atoms with Crippen LogP contribution < -0.4 is 20.1 Å². The van der Waals surface area contributed by atoms with Crippen molar-refractivity contribution in [2.75, 3.05) is 24.9 Å². The number of methoxy groups -OCH3 is 2. The topological polar surface area (TPSA) is 85.6 Å². The van der Waals surface area contributed by atoms with E-state index in [0.717, 1.165) is 59.4 Å². The number of aromatic nitrogens is 1. The second-order valence-electron chi connectivity index (χ2n) is 8.82. The van der Waals surface area contributed by atoms with Crippen LogP contribution in [-0.4, -0.2) is 25.1 Å². The summed E-state index contributed by atoms with van der Waals surface area (Å²) in [4.78, 5) is 17.5. The van der Waals surface area contributed by atoms with Gasteiger partial charge in [-0.1, -0.05) is 0 Å². The minimum absolute atomic E-state index is 0.233. The van der Waals surface area contributed by atoms with Gasteiger partial charge < -0.3 is 24.5 Å². The van der Waals surface area contributed by atoms with Crippen molar-refractivity contribution in [1.82, 2.24) is 4.98 Å². The lowest BCUT2D eigenvalue weighted by molar-refractivity contribution is -0.111. The number of anilines is 3. The lowest BCUT2D eigenvalue weighted by Crippen LogP contribution is -2.11. The molecule has 7 nitrogen and oxygen atoms in total. The van der Waals surface area contributed by atoms with Crippen LogP contribution in [0.5, 0.6) is 11.5 Å². The number of hydrogen-bond acceptors (Lipinski definition) is 6. The molecule has 0 fully saturated rings. The molecule has 36 heavy (non-hydrogen) atoms. The number of benzene rings is 2. The molecule has 4 aromatic rings. The molecule has 0 aliphatic heterocycles. The highest BCUT2D eigenvalue weighted by molar-refractivity contribution is 6.04. The van der Waals surface area contributed by atoms with Crippen molar-refractivity contribution in [2.24, 2.45) is 0 Å². The molecule has 0 radical (unpaired) electrons. The Morgan fingerprint density at radius 2 is 1.78 bits per heavy atom. The fourth-order valence-electron chi connectivity index (χ4n) is 4.59. The highest BCUT2D eigenvalue weighted by Gasteiger charge is 2.19. The summed E-state index contributed by atoms with van der Waals surface area (Å²) in [5.74, 6) is 2.53. The molecule has 1 aliphatic rings. The molecular weight excluding hydrogens is 454 g/mol. The lowest BCUT2D eigenvalue weighted by atomic mass is 9.92. The number of furan rings is 1. The number of hydrogen-bond donors (Lipinski definition) is 2. The van der Waals surface area contributed by atoms with Crippen LogP contribution in [0.1, 0.15) is 35.6 Å². The maximum atomic E-state index is 12.6. The Hall–Kier alpha value is -4.26. The van der Waals surface area contributed by atoms with Gasteiger partial charge in [-0.25, -0.2) is 0 Å². The fraction of sp³-hybridized carbons (Fsp3) is 0.241. The highest BCUT2D eigenvalue weighted by atomic mass is 16.5. The second-order valence-corrected chi connectivity index (χ2v) is 8.82. The minimum Gasteiger partial charge on any atom is -0.493 e. The van der Waals surface area contributed by atoms with Gasteiger partial charge in [-0.3, -0.25) is 9.78 Å². The number of pyridine rings is 1. The van der Waals surface area contributed by atoms with E-state index in [0.29, 0.717) is 22.9 Å². The van der Waals surface area contributed by atoms with E-state index in [4.69, 9.17) is 18.9 Å². The van der Waals surface area contributed by atoms with Gasteiger partial charge in [0.05, 0.1) is 25.4 Å². The largest absolute Gasteiger partial charge is 0.493 e. The van der Waals surface area contributed by atoms with E-state index in [9.17, 15) is 4.79 Å². The van der Waals surface area contributed by atoms with Crippen LogP contribution in [0.15, 0.2) is 59.0 Å². The smallest absolute Gasteiger partial charge is 0.248 e. The average molecular weight is 484 g/mol. The first kappa shape index (κ1) is 23.5. The monoisotopic (exact) mass is 483 g/mol. The molecular formula is C29H29N3O4. The van der Waals surface area contributed by atoms with Gasteiger partial charge in [0, 0.05) is 34.6 Å². The number of amides is 1. The molecule has 0 atom stereocenters. The minimum atomic E-state index is -0.233. The standard InChI is InChI=1S/C29H29N3O4/c1-18-8-11-21(36-18)12-15-28(33)30-19-9-13-25-23(16-19)29(22-6-4-5-7-24(22)32-25)31-20-10-14-26(34-2)27(17-20)35-3/h8-17H,4-7H2,1-3H3,(H,30,33)(H,31,32). The van der Waals surface area contributed by atoms with E-state index in [1.165, 1.54) is 11.6 Å². The maximum Gasteiger partial charge on any atom is 0.248 e. The molecule has 2 heterocycles. The maximum absolute atomic E-state index is 12.6. The zero-order valence-electron chi connectivity index (χ0n) is 20.7. The van der Waals surface area contributed by atoms with Crippen molar-refractivity contribution in [3.63, 3.8) is 0 Å². The van der Waals surface area contributed by atoms with Gasteiger partial charge in [-0.15, -0.1) is 0 Å². The van der Waals surface area contributed by atoms with Crippen molar-refractivity contribution in [1.29, 1.82) is 0 Å². The van der Waals surface area contributed by atoms with E-state index >= 15 is 0 Å². The summed E-state index contributed by atoms with van der Waals surface area (Å²) in [6.07, 6.45) is 7.30. The Labute approximate surface area is 210 Å². The average Bonchev–Trinajstić information content (AvgIpc) is 3.32. The predicted molar refractivity (Wildman–Crippen MR) is 142 cm³/mol. The molecule has 0 saturated heterocycles. The van der Waals surface area contributed by atoms with Crippen LogP contribution in [0.3, 0.4) is 0 Å². The summed E-state index contributed by atoms with van der Waals surface area (Å²) in [6.45, 7) is 1.87. The molecule has 0 unspecified atom stereocenters. The first-order valence-electron chi connectivity index (χ1n) is 12.0. The molecule has 2 N–H and O–H groups in total. The normalized spacial score (nSPS) is 13.0. The van der Waals surface area contributed by atoms with E-state index in [1.807, 2.05) is 55.5 Å². The molecule has 0 spiro atoms. The quantitative estimate of drug-likeness (QED) is 0.295. The Kier molecular flexibility index (Phi) is 6.62. The van der Waals surface area contributed by atoms with Gasteiger partial charge in [0.2, 0.25) is 5.91 Å². The molecule has 0 saturated carbocycles. The van der Waals surface area contributed by atoms with Gasteiger partial charge in [-0.05, 0) is 86.7 Å². The van der Waals surface area contributed by atoms with Crippen LogP contribution >= 0.6 is 0 Å². The van der Waals surface area contributed by atoms with Gasteiger partial charge in [0.15, 0.2) is 11.5 Å². The Bertz CT molecular complexity index is 1450. The molecule has 1 amide bonds. The van der Waals surface area contributed by atoms with Crippen molar-refractivity contribution in [2.45, 2.75) is 32.6 Å². The predicted octanol–water partition coefficient (Wildman–Crippen LogP) is 6.43. The number of nitrogens with one attached hydrogen (secondary N) is 2. The molecule has 2 aromatic carbocycles. The van der Waals surface area contributed by atoms with Crippen LogP contribution in [-0.2, 0) is 17.6 Å². The Morgan fingerprint density at radius 3 is 2.56 bits per heavy atom. The van der Waals surface area contributed by atoms with E-state index in [2.05, 4.69) is 10.6 Å². The molecule has 1 aliphatic carbocycles. The summed E-state index contributed by atoms with van der Waals surface area (Å²) < 4.78 is 16.4. The first-order chi connectivity index (χ1) is 17.5. The summed E-state index contributed by atoms with van der Waals surface area (Å²) in [7, 11) is 3.25. The molecule has 2 aromatic heterocycles. The Morgan fingerprint density at radius 1 is 0.972 bits per heavy atom. The zero-order chi connectivity index (χ0) is 25.1. The molecule has 5 rings (SSSR count). The van der Waals surface area contributed by atoms with Gasteiger partial charge >= 0.3 is 0 Å². The van der Waals surface area contributed by atoms with Crippen molar-refractivity contribution >= 4 is 39.9 Å². The van der Waals surface area contributed by atoms with E-state index < -0.39 is 0 Å². The third kappa shape index (κ3) is 4.91. The third-order valence-corrected chi connectivity index (χ3v) is 6.34. The second kappa shape index (κ2) is 10.2. The zero-order valence-corrected chi connectivity index (χ0v) is 20.7. The number of rotatable bonds is 7.